The predicted octanol–water partition coefficient (Wildman–Crippen LogP) is 2.97. The van der Waals surface area contributed by atoms with Crippen LogP contribution < -0.4 is 15.2 Å². The van der Waals surface area contributed by atoms with Crippen molar-refractivity contribution in [2.45, 2.75) is 32.2 Å². The zero-order valence-corrected chi connectivity index (χ0v) is 19.8. The summed E-state index contributed by atoms with van der Waals surface area (Å²) in [6.07, 6.45) is 1.99. The van der Waals surface area contributed by atoms with Crippen LogP contribution in [0.25, 0.3) is 0 Å². The van der Waals surface area contributed by atoms with Crippen LogP contribution in [-0.4, -0.2) is 60.8 Å². The van der Waals surface area contributed by atoms with Crippen LogP contribution in [0.1, 0.15) is 43.4 Å². The Balaban J connectivity index is 1.53. The van der Waals surface area contributed by atoms with Crippen LogP contribution in [0.2, 0.25) is 0 Å². The number of ether oxygens (including phenoxy) is 2. The molecule has 0 aromatic heterocycles. The van der Waals surface area contributed by atoms with Crippen molar-refractivity contribution in [1.29, 1.82) is 0 Å². The number of carbonyl (C=O) groups excluding carboxylic acids is 2. The molecule has 2 aromatic rings. The number of carbonyl (C=O) groups is 2. The maximum Gasteiger partial charge on any atom is 0.257 e. The highest BCUT2D eigenvalue weighted by molar-refractivity contribution is 6.03. The number of primary amides is 1. The van der Waals surface area contributed by atoms with Crippen LogP contribution in [0, 0.1) is 5.92 Å². The third-order valence-electron chi connectivity index (χ3n) is 6.51. The van der Waals surface area contributed by atoms with Gasteiger partial charge in [0.25, 0.3) is 5.91 Å². The molecule has 2 aliphatic heterocycles. The Labute approximate surface area is 200 Å². The smallest absolute Gasteiger partial charge is 0.257 e. The number of hydrogen-bond donors (Lipinski definition) is 1. The second kappa shape index (κ2) is 10.7. The highest BCUT2D eigenvalue weighted by Gasteiger charge is 2.34. The molecule has 8 heteroatoms. The number of benzene rings is 2. The molecule has 0 unspecified atom stereocenters. The number of nitrogens with zero attached hydrogens (tertiary/aromatic N) is 3. The molecule has 1 fully saturated rings. The van der Waals surface area contributed by atoms with Gasteiger partial charge in [-0.1, -0.05) is 12.1 Å². The molecule has 0 bridgehead atoms. The van der Waals surface area contributed by atoms with Crippen LogP contribution in [0.4, 0.5) is 0 Å². The van der Waals surface area contributed by atoms with Crippen molar-refractivity contribution < 1.29 is 19.1 Å². The van der Waals surface area contributed by atoms with E-state index in [1.807, 2.05) is 55.5 Å². The van der Waals surface area contributed by atoms with Gasteiger partial charge in [-0.15, -0.1) is 0 Å². The third kappa shape index (κ3) is 5.39. The van der Waals surface area contributed by atoms with E-state index in [1.54, 1.807) is 12.1 Å². The van der Waals surface area contributed by atoms with E-state index in [1.165, 1.54) is 0 Å². The minimum atomic E-state index is -0.255. The van der Waals surface area contributed by atoms with Crippen LogP contribution in [0.3, 0.4) is 0 Å². The molecular weight excluding hydrogens is 432 g/mol. The Morgan fingerprint density at radius 2 is 1.68 bits per heavy atom. The van der Waals surface area contributed by atoms with Crippen LogP contribution >= 0.6 is 0 Å². The summed E-state index contributed by atoms with van der Waals surface area (Å²) in [7, 11) is 1.64. The van der Waals surface area contributed by atoms with Crippen LogP contribution in [-0.2, 0) is 9.59 Å². The van der Waals surface area contributed by atoms with E-state index in [0.717, 1.165) is 28.3 Å². The molecule has 34 heavy (non-hydrogen) atoms. The van der Waals surface area contributed by atoms with Gasteiger partial charge in [-0.2, -0.15) is 5.10 Å². The summed E-state index contributed by atoms with van der Waals surface area (Å²) in [6.45, 7) is 4.17. The van der Waals surface area contributed by atoms with E-state index in [9.17, 15) is 9.59 Å². The number of piperidine rings is 1. The highest BCUT2D eigenvalue weighted by atomic mass is 16.5. The molecule has 0 radical (unpaired) electrons. The van der Waals surface area contributed by atoms with Gasteiger partial charge in [0, 0.05) is 12.3 Å². The number of methoxy groups -OCH3 is 1. The molecule has 2 heterocycles. The zero-order valence-electron chi connectivity index (χ0n) is 19.8. The van der Waals surface area contributed by atoms with Gasteiger partial charge in [-0.05, 0) is 80.4 Å². The normalized spacial score (nSPS) is 19.1. The Bertz CT molecular complexity index is 1030. The summed E-state index contributed by atoms with van der Waals surface area (Å²) in [5, 5.41) is 6.39. The molecular formula is C26H32N4O4. The topological polar surface area (TPSA) is 97.5 Å². The number of amides is 2. The Hall–Kier alpha value is -3.39. The molecule has 0 saturated carbocycles. The molecule has 2 amide bonds. The first kappa shape index (κ1) is 23.8. The minimum absolute atomic E-state index is 0.0556. The van der Waals surface area contributed by atoms with Crippen molar-refractivity contribution in [1.82, 2.24) is 9.91 Å². The Morgan fingerprint density at radius 3 is 2.26 bits per heavy atom. The summed E-state index contributed by atoms with van der Waals surface area (Å²) in [4.78, 5) is 26.9. The van der Waals surface area contributed by atoms with Gasteiger partial charge < -0.3 is 15.2 Å². The van der Waals surface area contributed by atoms with Crippen molar-refractivity contribution in [3.63, 3.8) is 0 Å². The van der Waals surface area contributed by atoms with E-state index in [-0.39, 0.29) is 30.3 Å². The first-order chi connectivity index (χ1) is 16.5. The second-order valence-corrected chi connectivity index (χ2v) is 8.69. The van der Waals surface area contributed by atoms with E-state index in [0.29, 0.717) is 39.0 Å². The first-order valence-electron chi connectivity index (χ1n) is 11.8. The largest absolute Gasteiger partial charge is 0.497 e. The van der Waals surface area contributed by atoms with Gasteiger partial charge in [0.05, 0.1) is 32.0 Å². The van der Waals surface area contributed by atoms with Crippen molar-refractivity contribution in [2.75, 3.05) is 33.4 Å². The first-order valence-corrected chi connectivity index (χ1v) is 11.8. The van der Waals surface area contributed by atoms with E-state index >= 15 is 0 Å². The van der Waals surface area contributed by atoms with Crippen molar-refractivity contribution >= 4 is 17.5 Å². The lowest BCUT2D eigenvalue weighted by molar-refractivity contribution is -0.134. The average Bonchev–Trinajstić information content (AvgIpc) is 3.31. The summed E-state index contributed by atoms with van der Waals surface area (Å²) >= 11 is 0. The highest BCUT2D eigenvalue weighted by Crippen LogP contribution is 2.34. The molecule has 2 aliphatic rings. The summed E-state index contributed by atoms with van der Waals surface area (Å²) in [5.41, 5.74) is 8.29. The number of hydrazone groups is 1. The molecule has 0 spiro atoms. The number of nitrogens with two attached hydrogens (primary N) is 1. The fourth-order valence-electron chi connectivity index (χ4n) is 4.55. The SMILES string of the molecule is CCOc1ccc([C@@H]2CC(c3ccc(OC)cc3)=NN2C(=O)CN2CCC(C(N)=O)CC2)cc1. The maximum absolute atomic E-state index is 13.4. The maximum atomic E-state index is 13.4. The molecule has 180 valence electrons. The van der Waals surface area contributed by atoms with Crippen LogP contribution in [0.5, 0.6) is 11.5 Å². The quantitative estimate of drug-likeness (QED) is 0.648. The number of hydrogen-bond acceptors (Lipinski definition) is 6. The van der Waals surface area contributed by atoms with Gasteiger partial charge in [-0.3, -0.25) is 14.5 Å². The predicted molar refractivity (Wildman–Crippen MR) is 130 cm³/mol. The second-order valence-electron chi connectivity index (χ2n) is 8.69. The third-order valence-corrected chi connectivity index (χ3v) is 6.51. The lowest BCUT2D eigenvalue weighted by atomic mass is 9.96. The van der Waals surface area contributed by atoms with Gasteiger partial charge >= 0.3 is 0 Å². The number of rotatable bonds is 8. The minimum Gasteiger partial charge on any atom is -0.497 e. The van der Waals surface area contributed by atoms with Crippen LogP contribution in [0.15, 0.2) is 53.6 Å². The summed E-state index contributed by atoms with van der Waals surface area (Å²) < 4.78 is 10.8. The zero-order chi connectivity index (χ0) is 24.1. The van der Waals surface area contributed by atoms with Gasteiger partial charge in [0.2, 0.25) is 5.91 Å². The molecule has 8 nitrogen and oxygen atoms in total. The standard InChI is InChI=1S/C26H32N4O4/c1-3-34-22-10-6-19(7-11-22)24-16-23(18-4-8-21(33-2)9-5-18)28-30(24)25(31)17-29-14-12-20(13-15-29)26(27)32/h4-11,20,24H,3,12-17H2,1-2H3,(H2,27,32)/t24-/m0/s1. The van der Waals surface area contributed by atoms with Gasteiger partial charge in [0.15, 0.2) is 0 Å². The fraction of sp³-hybridized carbons (Fsp3) is 0.423. The van der Waals surface area contributed by atoms with Gasteiger partial charge in [0.1, 0.15) is 11.5 Å². The molecule has 1 atom stereocenters. The number of likely N-dealkylation sites (tertiary alicyclic amines) is 1. The van der Waals surface area contributed by atoms with Crippen molar-refractivity contribution in [3.8, 4) is 11.5 Å². The fourth-order valence-corrected chi connectivity index (χ4v) is 4.55. The molecule has 1 saturated heterocycles. The summed E-state index contributed by atoms with van der Waals surface area (Å²) in [5.74, 6) is 1.16. The molecule has 2 aromatic carbocycles. The van der Waals surface area contributed by atoms with Crippen molar-refractivity contribution in [3.05, 3.63) is 59.7 Å². The van der Waals surface area contributed by atoms with E-state index < -0.39 is 0 Å². The average molecular weight is 465 g/mol. The monoisotopic (exact) mass is 464 g/mol. The van der Waals surface area contributed by atoms with E-state index in [2.05, 4.69) is 4.90 Å². The lowest BCUT2D eigenvalue weighted by Crippen LogP contribution is -2.43. The summed E-state index contributed by atoms with van der Waals surface area (Å²) in [6, 6.07) is 15.4. The van der Waals surface area contributed by atoms with E-state index in [4.69, 9.17) is 20.3 Å². The van der Waals surface area contributed by atoms with Gasteiger partial charge in [-0.25, -0.2) is 5.01 Å². The Kier molecular flexibility index (Phi) is 7.47. The molecule has 0 aliphatic carbocycles. The Morgan fingerprint density at radius 1 is 1.03 bits per heavy atom. The molecule has 4 rings (SSSR count). The molecule has 2 N–H and O–H groups in total. The van der Waals surface area contributed by atoms with Crippen molar-refractivity contribution in [2.24, 2.45) is 16.8 Å². The lowest BCUT2D eigenvalue weighted by Gasteiger charge is -2.31.